The Morgan fingerprint density at radius 1 is 0.657 bits per heavy atom. The summed E-state index contributed by atoms with van der Waals surface area (Å²) in [7, 11) is 0. The molecule has 3 aromatic carbocycles. The smallest absolute Gasteiger partial charge is 0.164 e. The second-order valence-electron chi connectivity index (χ2n) is 9.70. The highest BCUT2D eigenvalue weighted by atomic mass is 15.1. The number of rotatable bonds is 0. The van der Waals surface area contributed by atoms with Gasteiger partial charge in [-0.05, 0) is 93.7 Å². The van der Waals surface area contributed by atoms with E-state index in [4.69, 9.17) is 4.98 Å². The van der Waals surface area contributed by atoms with Crippen LogP contribution in [0.5, 0.6) is 0 Å². The monoisotopic (exact) mass is 446 g/mol. The highest BCUT2D eigenvalue weighted by molar-refractivity contribution is 6.16. The summed E-state index contributed by atoms with van der Waals surface area (Å²) >= 11 is 0. The summed E-state index contributed by atoms with van der Waals surface area (Å²) in [5, 5.41) is 3.58. The molecule has 0 fully saturated rings. The normalized spacial score (nSPS) is 13.5. The highest BCUT2D eigenvalue weighted by Crippen LogP contribution is 2.47. The van der Waals surface area contributed by atoms with Crippen LogP contribution in [0.3, 0.4) is 0 Å². The van der Waals surface area contributed by atoms with E-state index in [0.29, 0.717) is 0 Å². The minimum Gasteiger partial charge on any atom is -0.276 e. The number of fused-ring (bicyclic) bond motifs is 15. The maximum absolute atomic E-state index is 5.02. The fourth-order valence-electron chi connectivity index (χ4n) is 6.49. The molecule has 35 heavy (non-hydrogen) atoms. The van der Waals surface area contributed by atoms with Crippen LogP contribution >= 0.6 is 0 Å². The Balaban J connectivity index is 1.38. The maximum Gasteiger partial charge on any atom is 0.164 e. The molecular weight excluding hydrogens is 428 g/mol. The van der Waals surface area contributed by atoms with Crippen molar-refractivity contribution in [2.75, 3.05) is 0 Å². The Hall–Kier alpha value is -4.57. The molecule has 0 amide bonds. The lowest BCUT2D eigenvalue weighted by Gasteiger charge is -2.12. The van der Waals surface area contributed by atoms with E-state index in [-0.39, 0.29) is 0 Å². The Morgan fingerprint density at radius 3 is 2.51 bits per heavy atom. The van der Waals surface area contributed by atoms with Gasteiger partial charge in [0.1, 0.15) is 11.2 Å². The van der Waals surface area contributed by atoms with Crippen LogP contribution in [0.1, 0.15) is 22.3 Å². The van der Waals surface area contributed by atoms with Crippen LogP contribution in [0, 0.1) is 0 Å². The third-order valence-electron chi connectivity index (χ3n) is 7.95. The van der Waals surface area contributed by atoms with Crippen LogP contribution in [0.15, 0.2) is 85.3 Å². The molecule has 4 heteroatoms. The quantitative estimate of drug-likeness (QED) is 0.243. The lowest BCUT2D eigenvalue weighted by atomic mass is 9.96. The molecule has 0 aliphatic heterocycles. The Labute approximate surface area is 200 Å². The zero-order chi connectivity index (χ0) is 22.7. The fraction of sp³-hybridized carbons (Fsp3) is 0.0645. The fourth-order valence-corrected chi connectivity index (χ4v) is 6.49. The molecule has 0 saturated heterocycles. The summed E-state index contributed by atoms with van der Waals surface area (Å²) < 4.78 is 2.19. The summed E-state index contributed by atoms with van der Waals surface area (Å²) in [5.41, 5.74) is 15.0. The van der Waals surface area contributed by atoms with Crippen molar-refractivity contribution in [2.24, 2.45) is 0 Å². The molecule has 4 nitrogen and oxygen atoms in total. The van der Waals surface area contributed by atoms with Gasteiger partial charge in [0, 0.05) is 34.7 Å². The molecule has 7 aromatic rings. The largest absolute Gasteiger partial charge is 0.276 e. The molecule has 4 aromatic heterocycles. The predicted molar refractivity (Wildman–Crippen MR) is 140 cm³/mol. The number of hydrogen-bond donors (Lipinski definition) is 0. The van der Waals surface area contributed by atoms with E-state index in [1.165, 1.54) is 49.9 Å². The van der Waals surface area contributed by atoms with Crippen LogP contribution in [0.4, 0.5) is 0 Å². The zero-order valence-electron chi connectivity index (χ0n) is 18.8. The molecule has 2 aliphatic carbocycles. The third kappa shape index (κ3) is 2.15. The van der Waals surface area contributed by atoms with Crippen LogP contribution in [-0.2, 0) is 12.8 Å². The van der Waals surface area contributed by atoms with E-state index in [1.54, 1.807) is 0 Å². The molecule has 0 spiro atoms. The number of nitrogens with zero attached hydrogens (tertiary/aromatic N) is 4. The first-order chi connectivity index (χ1) is 17.3. The van der Waals surface area contributed by atoms with Gasteiger partial charge in [-0.25, -0.2) is 9.97 Å². The summed E-state index contributed by atoms with van der Waals surface area (Å²) in [6.45, 7) is 0. The molecule has 0 N–H and O–H groups in total. The first-order valence-corrected chi connectivity index (χ1v) is 12.0. The predicted octanol–water partition coefficient (Wildman–Crippen LogP) is 6.73. The second-order valence-corrected chi connectivity index (χ2v) is 9.70. The molecule has 4 heterocycles. The van der Waals surface area contributed by atoms with Gasteiger partial charge in [-0.3, -0.25) is 9.38 Å². The summed E-state index contributed by atoms with van der Waals surface area (Å²) in [4.78, 5) is 14.2. The molecular formula is C31H18N4. The summed E-state index contributed by atoms with van der Waals surface area (Å²) in [5.74, 6) is 0. The average Bonchev–Trinajstić information content (AvgIpc) is 3.58. The van der Waals surface area contributed by atoms with Gasteiger partial charge in [0.2, 0.25) is 0 Å². The molecule has 0 unspecified atom stereocenters. The topological polar surface area (TPSA) is 43.1 Å². The van der Waals surface area contributed by atoms with E-state index in [2.05, 4.69) is 69.0 Å². The van der Waals surface area contributed by atoms with E-state index in [9.17, 15) is 0 Å². The van der Waals surface area contributed by atoms with Crippen molar-refractivity contribution >= 4 is 38.5 Å². The molecule has 2 aliphatic rings. The first kappa shape index (κ1) is 17.8. The SMILES string of the molecule is c1ccc2c(c1)Cc1cc3c(cc1-2)Cc1c-3ccc2c1c1cnccc1n1c3ncccc3nc21. The van der Waals surface area contributed by atoms with E-state index < -0.39 is 0 Å². The van der Waals surface area contributed by atoms with Crippen LogP contribution in [-0.4, -0.2) is 19.4 Å². The Bertz CT molecular complexity index is 2070. The van der Waals surface area contributed by atoms with Crippen molar-refractivity contribution in [2.45, 2.75) is 12.8 Å². The van der Waals surface area contributed by atoms with Gasteiger partial charge in [-0.2, -0.15) is 0 Å². The maximum atomic E-state index is 5.02. The molecule has 9 rings (SSSR count). The lowest BCUT2D eigenvalue weighted by Crippen LogP contribution is -1.95. The summed E-state index contributed by atoms with van der Waals surface area (Å²) in [6.07, 6.45) is 7.65. The lowest BCUT2D eigenvalue weighted by molar-refractivity contribution is 1.23. The standard InChI is InChI=1S/C31H18N4/c1-2-5-20-17(4-1)12-18-13-24-19(14-23(18)20)15-25-21(24)7-8-22-29(25)26-16-32-11-9-28(26)35-30(22)34-27-6-3-10-33-31(27)35/h1-11,13-14,16H,12,15H2. The summed E-state index contributed by atoms with van der Waals surface area (Å²) in [6, 6.07) is 24.3. The van der Waals surface area contributed by atoms with Crippen LogP contribution in [0.2, 0.25) is 0 Å². The molecule has 162 valence electrons. The van der Waals surface area contributed by atoms with E-state index >= 15 is 0 Å². The minimum absolute atomic E-state index is 0.888. The van der Waals surface area contributed by atoms with E-state index in [0.717, 1.165) is 45.9 Å². The van der Waals surface area contributed by atoms with Gasteiger partial charge in [0.15, 0.2) is 5.65 Å². The Morgan fingerprint density at radius 2 is 1.54 bits per heavy atom. The van der Waals surface area contributed by atoms with Crippen molar-refractivity contribution in [3.8, 4) is 22.3 Å². The van der Waals surface area contributed by atoms with Crippen molar-refractivity contribution in [3.63, 3.8) is 0 Å². The van der Waals surface area contributed by atoms with Gasteiger partial charge in [-0.1, -0.05) is 30.3 Å². The van der Waals surface area contributed by atoms with E-state index in [1.807, 2.05) is 30.7 Å². The molecule has 0 saturated carbocycles. The third-order valence-corrected chi connectivity index (χ3v) is 7.95. The second kappa shape index (κ2) is 6.10. The zero-order valence-corrected chi connectivity index (χ0v) is 18.8. The van der Waals surface area contributed by atoms with Gasteiger partial charge in [0.05, 0.1) is 5.52 Å². The van der Waals surface area contributed by atoms with Gasteiger partial charge < -0.3 is 0 Å². The van der Waals surface area contributed by atoms with Crippen molar-refractivity contribution in [3.05, 3.63) is 108 Å². The number of imidazole rings is 1. The van der Waals surface area contributed by atoms with Crippen molar-refractivity contribution in [1.82, 2.24) is 19.4 Å². The van der Waals surface area contributed by atoms with Gasteiger partial charge in [-0.15, -0.1) is 0 Å². The average molecular weight is 447 g/mol. The van der Waals surface area contributed by atoms with Crippen molar-refractivity contribution < 1.29 is 0 Å². The van der Waals surface area contributed by atoms with Crippen molar-refractivity contribution in [1.29, 1.82) is 0 Å². The van der Waals surface area contributed by atoms with Gasteiger partial charge in [0.25, 0.3) is 0 Å². The number of pyridine rings is 3. The number of aromatic nitrogens is 4. The van der Waals surface area contributed by atoms with Crippen LogP contribution in [0.25, 0.3) is 60.7 Å². The number of hydrogen-bond acceptors (Lipinski definition) is 3. The molecule has 0 atom stereocenters. The Kier molecular flexibility index (Phi) is 3.11. The van der Waals surface area contributed by atoms with Crippen LogP contribution < -0.4 is 0 Å². The minimum atomic E-state index is 0.888. The molecule has 0 radical (unpaired) electrons. The molecule has 0 bridgehead atoms. The first-order valence-electron chi connectivity index (χ1n) is 12.0. The number of benzene rings is 3. The highest BCUT2D eigenvalue weighted by Gasteiger charge is 2.28. The van der Waals surface area contributed by atoms with Gasteiger partial charge >= 0.3 is 0 Å².